The van der Waals surface area contributed by atoms with E-state index in [9.17, 15) is 0 Å². The number of rotatable bonds is 4. The van der Waals surface area contributed by atoms with Gasteiger partial charge in [-0.1, -0.05) is 23.4 Å². The quantitative estimate of drug-likeness (QED) is 0.867. The highest BCUT2D eigenvalue weighted by Gasteiger charge is 2.18. The lowest BCUT2D eigenvalue weighted by atomic mass is 10.0. The molecule has 90 valence electrons. The normalized spacial score (nSPS) is 12.6. The van der Waals surface area contributed by atoms with Crippen molar-refractivity contribution in [1.82, 2.24) is 20.3 Å². The van der Waals surface area contributed by atoms with Crippen LogP contribution in [-0.4, -0.2) is 22.0 Å². The highest BCUT2D eigenvalue weighted by molar-refractivity contribution is 14.1. The zero-order valence-corrected chi connectivity index (χ0v) is 12.0. The molecule has 0 bridgehead atoms. The van der Waals surface area contributed by atoms with E-state index in [0.717, 1.165) is 12.2 Å². The Morgan fingerprint density at radius 2 is 2.18 bits per heavy atom. The summed E-state index contributed by atoms with van der Waals surface area (Å²) in [4.78, 5) is 0. The molecule has 1 atom stereocenters. The first kappa shape index (κ1) is 12.5. The highest BCUT2D eigenvalue weighted by atomic mass is 127. The lowest BCUT2D eigenvalue weighted by molar-refractivity contribution is 0.551. The molecule has 1 N–H and O–H groups in total. The van der Waals surface area contributed by atoms with Gasteiger partial charge in [0.1, 0.15) is 0 Å². The molecule has 5 heteroatoms. The summed E-state index contributed by atoms with van der Waals surface area (Å²) in [5, 5.41) is 11.4. The van der Waals surface area contributed by atoms with Gasteiger partial charge < -0.3 is 5.32 Å². The molecule has 0 fully saturated rings. The highest BCUT2D eigenvalue weighted by Crippen LogP contribution is 2.25. The van der Waals surface area contributed by atoms with Gasteiger partial charge in [0.15, 0.2) is 0 Å². The third kappa shape index (κ3) is 2.50. The van der Waals surface area contributed by atoms with Gasteiger partial charge in [0.25, 0.3) is 0 Å². The van der Waals surface area contributed by atoms with Crippen LogP contribution in [0.3, 0.4) is 0 Å². The topological polar surface area (TPSA) is 42.7 Å². The average Bonchev–Trinajstić information content (AvgIpc) is 2.81. The minimum Gasteiger partial charge on any atom is -0.308 e. The van der Waals surface area contributed by atoms with Crippen LogP contribution in [0.15, 0.2) is 30.5 Å². The fourth-order valence-corrected chi connectivity index (χ4v) is 2.61. The summed E-state index contributed by atoms with van der Waals surface area (Å²) >= 11 is 2.36. The molecule has 0 radical (unpaired) electrons. The first-order valence-corrected chi connectivity index (χ1v) is 6.65. The van der Waals surface area contributed by atoms with Crippen LogP contribution in [-0.2, 0) is 6.54 Å². The number of benzene rings is 1. The fraction of sp³-hybridized carbons (Fsp3) is 0.333. The Bertz CT molecular complexity index is 495. The minimum atomic E-state index is 0.137. The molecular weight excluding hydrogens is 327 g/mol. The Labute approximate surface area is 115 Å². The Balaban J connectivity index is 2.44. The Hall–Kier alpha value is -0.950. The zero-order valence-electron chi connectivity index (χ0n) is 9.89. The predicted molar refractivity (Wildman–Crippen MR) is 75.8 cm³/mol. The van der Waals surface area contributed by atoms with E-state index in [1.165, 1.54) is 9.13 Å². The van der Waals surface area contributed by atoms with E-state index >= 15 is 0 Å². The molecule has 0 aliphatic rings. The molecule has 1 aromatic heterocycles. The van der Waals surface area contributed by atoms with Crippen molar-refractivity contribution in [3.8, 4) is 0 Å². The van der Waals surface area contributed by atoms with Crippen LogP contribution >= 0.6 is 22.6 Å². The van der Waals surface area contributed by atoms with Gasteiger partial charge in [0, 0.05) is 10.1 Å². The molecule has 4 nitrogen and oxygen atoms in total. The molecular formula is C12H15IN4. The maximum Gasteiger partial charge on any atom is 0.0802 e. The van der Waals surface area contributed by atoms with E-state index in [2.05, 4.69) is 63.3 Å². The Morgan fingerprint density at radius 3 is 2.82 bits per heavy atom. The molecule has 1 unspecified atom stereocenters. The molecule has 2 aromatic rings. The third-order valence-electron chi connectivity index (χ3n) is 2.75. The number of nitrogens with one attached hydrogen (secondary N) is 1. The van der Waals surface area contributed by atoms with E-state index < -0.39 is 0 Å². The number of hydrogen-bond donors (Lipinski definition) is 1. The summed E-state index contributed by atoms with van der Waals surface area (Å²) in [5.41, 5.74) is 2.35. The second-order valence-corrected chi connectivity index (χ2v) is 4.88. The van der Waals surface area contributed by atoms with Crippen molar-refractivity contribution in [1.29, 1.82) is 0 Å². The summed E-state index contributed by atoms with van der Waals surface area (Å²) in [7, 11) is 1.96. The molecule has 1 aromatic carbocycles. The van der Waals surface area contributed by atoms with Crippen molar-refractivity contribution in [2.24, 2.45) is 0 Å². The summed E-state index contributed by atoms with van der Waals surface area (Å²) in [6, 6.07) is 8.49. The molecule has 2 rings (SSSR count). The summed E-state index contributed by atoms with van der Waals surface area (Å²) in [5.74, 6) is 0. The molecule has 17 heavy (non-hydrogen) atoms. The van der Waals surface area contributed by atoms with E-state index in [1.807, 2.05) is 24.0 Å². The smallest absolute Gasteiger partial charge is 0.0802 e. The van der Waals surface area contributed by atoms with Gasteiger partial charge in [-0.25, -0.2) is 4.68 Å². The Morgan fingerprint density at radius 1 is 1.41 bits per heavy atom. The molecule has 0 aliphatic carbocycles. The zero-order chi connectivity index (χ0) is 12.3. The Kier molecular flexibility index (Phi) is 4.11. The van der Waals surface area contributed by atoms with Crippen molar-refractivity contribution in [2.75, 3.05) is 7.05 Å². The van der Waals surface area contributed by atoms with Crippen molar-refractivity contribution >= 4 is 22.6 Å². The molecule has 0 spiro atoms. The average molecular weight is 342 g/mol. The summed E-state index contributed by atoms with van der Waals surface area (Å²) in [6.45, 7) is 2.90. The number of aromatic nitrogens is 3. The second-order valence-electron chi connectivity index (χ2n) is 3.72. The second kappa shape index (κ2) is 5.59. The van der Waals surface area contributed by atoms with E-state index in [-0.39, 0.29) is 6.04 Å². The van der Waals surface area contributed by atoms with E-state index in [1.54, 1.807) is 0 Å². The molecule has 0 saturated carbocycles. The largest absolute Gasteiger partial charge is 0.308 e. The van der Waals surface area contributed by atoms with Gasteiger partial charge in [-0.3, -0.25) is 0 Å². The van der Waals surface area contributed by atoms with E-state index in [0.29, 0.717) is 0 Å². The standard InChI is InChI=1S/C12H15IN4/c1-3-17-11(8-15-16-17)12(14-2)9-6-4-5-7-10(9)13/h4-8,12,14H,3H2,1-2H3. The predicted octanol–water partition coefficient (Wildman–Crippen LogP) is 2.21. The number of nitrogens with zero attached hydrogens (tertiary/aromatic N) is 3. The summed E-state index contributed by atoms with van der Waals surface area (Å²) < 4.78 is 3.16. The SMILES string of the molecule is CCn1nncc1C(NC)c1ccccc1I. The third-order valence-corrected chi connectivity index (χ3v) is 3.73. The van der Waals surface area contributed by atoms with Crippen LogP contribution in [0.1, 0.15) is 24.2 Å². The number of halogens is 1. The van der Waals surface area contributed by atoms with Gasteiger partial charge in [0.2, 0.25) is 0 Å². The van der Waals surface area contributed by atoms with Crippen LogP contribution in [0.2, 0.25) is 0 Å². The van der Waals surface area contributed by atoms with Gasteiger partial charge >= 0.3 is 0 Å². The van der Waals surface area contributed by atoms with Gasteiger partial charge in [-0.15, -0.1) is 5.10 Å². The molecule has 0 saturated heterocycles. The number of hydrogen-bond acceptors (Lipinski definition) is 3. The first-order chi connectivity index (χ1) is 8.27. The lowest BCUT2D eigenvalue weighted by Gasteiger charge is -2.18. The monoisotopic (exact) mass is 342 g/mol. The molecule has 0 amide bonds. The fourth-order valence-electron chi connectivity index (χ4n) is 1.91. The van der Waals surface area contributed by atoms with Crippen molar-refractivity contribution in [2.45, 2.75) is 19.5 Å². The van der Waals surface area contributed by atoms with Gasteiger partial charge in [-0.2, -0.15) is 0 Å². The number of aryl methyl sites for hydroxylation is 1. The molecule has 0 aliphatic heterocycles. The van der Waals surface area contributed by atoms with Crippen LogP contribution < -0.4 is 5.32 Å². The first-order valence-electron chi connectivity index (χ1n) is 5.58. The van der Waals surface area contributed by atoms with Crippen molar-refractivity contribution < 1.29 is 0 Å². The van der Waals surface area contributed by atoms with Crippen LogP contribution in [0, 0.1) is 3.57 Å². The van der Waals surface area contributed by atoms with Crippen LogP contribution in [0.25, 0.3) is 0 Å². The van der Waals surface area contributed by atoms with Crippen molar-refractivity contribution in [3.05, 3.63) is 45.3 Å². The minimum absolute atomic E-state index is 0.137. The van der Waals surface area contributed by atoms with E-state index in [4.69, 9.17) is 0 Å². The summed E-state index contributed by atoms with van der Waals surface area (Å²) in [6.07, 6.45) is 1.83. The van der Waals surface area contributed by atoms with Gasteiger partial charge in [-0.05, 0) is 48.2 Å². The molecule has 1 heterocycles. The van der Waals surface area contributed by atoms with Gasteiger partial charge in [0.05, 0.1) is 17.9 Å². The van der Waals surface area contributed by atoms with Crippen LogP contribution in [0.4, 0.5) is 0 Å². The maximum atomic E-state index is 4.08. The van der Waals surface area contributed by atoms with Crippen LogP contribution in [0.5, 0.6) is 0 Å². The van der Waals surface area contributed by atoms with Crippen molar-refractivity contribution in [3.63, 3.8) is 0 Å². The lowest BCUT2D eigenvalue weighted by Crippen LogP contribution is -2.22. The maximum absolute atomic E-state index is 4.08.